The zero-order valence-electron chi connectivity index (χ0n) is 16.2. The summed E-state index contributed by atoms with van der Waals surface area (Å²) in [6.07, 6.45) is 0.562. The molecule has 0 aliphatic carbocycles. The van der Waals surface area contributed by atoms with Gasteiger partial charge >= 0.3 is 5.69 Å². The predicted octanol–water partition coefficient (Wildman–Crippen LogP) is 0.302. The van der Waals surface area contributed by atoms with Crippen LogP contribution in [0.4, 0.5) is 0 Å². The smallest absolute Gasteiger partial charge is 0.329 e. The van der Waals surface area contributed by atoms with Gasteiger partial charge in [0.15, 0.2) is 5.65 Å². The van der Waals surface area contributed by atoms with E-state index >= 15 is 0 Å². The number of aromatic amines is 2. The molecule has 0 fully saturated rings. The van der Waals surface area contributed by atoms with E-state index in [4.69, 9.17) is 0 Å². The number of rotatable bonds is 7. The number of hydrogen-bond donors (Lipinski definition) is 3. The average molecular weight is 384 g/mol. The number of fused-ring (bicyclic) bond motifs is 1. The van der Waals surface area contributed by atoms with Crippen LogP contribution in [0.2, 0.25) is 0 Å². The lowest BCUT2D eigenvalue weighted by Gasteiger charge is -2.25. The molecule has 1 unspecified atom stereocenters. The fraction of sp³-hybridized carbons (Fsp3) is 0.368. The Balaban J connectivity index is 1.62. The lowest BCUT2D eigenvalue weighted by molar-refractivity contribution is -0.121. The normalized spacial score (nSPS) is 12.4. The van der Waals surface area contributed by atoms with Crippen molar-refractivity contribution in [1.82, 2.24) is 29.7 Å². The van der Waals surface area contributed by atoms with Crippen molar-refractivity contribution in [2.45, 2.75) is 18.9 Å². The molecule has 2 aromatic heterocycles. The number of aryl methyl sites for hydroxylation is 2. The summed E-state index contributed by atoms with van der Waals surface area (Å²) in [7, 11) is 5.48. The number of hydrogen-bond acceptors (Lipinski definition) is 5. The van der Waals surface area contributed by atoms with Gasteiger partial charge in [-0.25, -0.2) is 9.78 Å². The summed E-state index contributed by atoms with van der Waals surface area (Å²) in [6.45, 7) is 0.490. The first-order chi connectivity index (χ1) is 13.4. The highest BCUT2D eigenvalue weighted by Gasteiger charge is 2.16. The molecule has 0 radical (unpaired) electrons. The number of likely N-dealkylation sites (N-methyl/N-ethyl adjacent to an activating group) is 1. The number of imidazole rings is 1. The van der Waals surface area contributed by atoms with E-state index in [0.29, 0.717) is 18.8 Å². The molecule has 0 bridgehead atoms. The van der Waals surface area contributed by atoms with Gasteiger partial charge in [0, 0.05) is 26.4 Å². The van der Waals surface area contributed by atoms with Gasteiger partial charge in [0.2, 0.25) is 5.91 Å². The second-order valence-electron chi connectivity index (χ2n) is 6.89. The summed E-state index contributed by atoms with van der Waals surface area (Å²) in [4.78, 5) is 47.2. The molecule has 3 rings (SSSR count). The number of carbonyl (C=O) groups excluding carboxylic acids is 1. The highest BCUT2D eigenvalue weighted by Crippen LogP contribution is 2.16. The third-order valence-electron chi connectivity index (χ3n) is 4.69. The van der Waals surface area contributed by atoms with E-state index in [1.807, 2.05) is 44.4 Å². The Morgan fingerprint density at radius 1 is 1.21 bits per heavy atom. The van der Waals surface area contributed by atoms with Crippen LogP contribution in [0.3, 0.4) is 0 Å². The van der Waals surface area contributed by atoms with Crippen LogP contribution in [0.25, 0.3) is 11.2 Å². The zero-order chi connectivity index (χ0) is 20.3. The lowest BCUT2D eigenvalue weighted by Crippen LogP contribution is -2.34. The molecular weight excluding hydrogens is 360 g/mol. The van der Waals surface area contributed by atoms with Gasteiger partial charge in [-0.15, -0.1) is 0 Å². The number of nitrogens with one attached hydrogen (secondary N) is 3. The number of benzene rings is 1. The van der Waals surface area contributed by atoms with E-state index in [1.165, 1.54) is 11.6 Å². The van der Waals surface area contributed by atoms with E-state index in [-0.39, 0.29) is 29.5 Å². The van der Waals surface area contributed by atoms with Crippen molar-refractivity contribution in [1.29, 1.82) is 0 Å². The van der Waals surface area contributed by atoms with E-state index in [1.54, 1.807) is 0 Å². The monoisotopic (exact) mass is 384 g/mol. The van der Waals surface area contributed by atoms with Crippen molar-refractivity contribution in [2.24, 2.45) is 7.05 Å². The molecule has 148 valence electrons. The van der Waals surface area contributed by atoms with Crippen molar-refractivity contribution in [3.05, 3.63) is 62.6 Å². The van der Waals surface area contributed by atoms with Gasteiger partial charge < -0.3 is 15.2 Å². The van der Waals surface area contributed by atoms with Crippen LogP contribution in [-0.2, 0) is 18.3 Å². The minimum Gasteiger partial charge on any atom is -0.354 e. The highest BCUT2D eigenvalue weighted by atomic mass is 16.2. The maximum absolute atomic E-state index is 12.3. The van der Waals surface area contributed by atoms with Gasteiger partial charge in [0.1, 0.15) is 11.3 Å². The first kappa shape index (κ1) is 19.6. The molecule has 3 N–H and O–H groups in total. The Morgan fingerprint density at radius 2 is 1.93 bits per heavy atom. The molecule has 1 amide bonds. The topological polar surface area (TPSA) is 116 Å². The maximum Gasteiger partial charge on any atom is 0.329 e. The molecule has 0 saturated carbocycles. The van der Waals surface area contributed by atoms with Gasteiger partial charge in [0.05, 0.1) is 6.04 Å². The highest BCUT2D eigenvalue weighted by molar-refractivity contribution is 5.76. The van der Waals surface area contributed by atoms with Crippen molar-refractivity contribution in [3.8, 4) is 0 Å². The second kappa shape index (κ2) is 8.22. The molecule has 9 nitrogen and oxygen atoms in total. The van der Waals surface area contributed by atoms with E-state index < -0.39 is 11.2 Å². The van der Waals surface area contributed by atoms with Crippen molar-refractivity contribution >= 4 is 17.1 Å². The van der Waals surface area contributed by atoms with Crippen molar-refractivity contribution in [2.75, 3.05) is 20.6 Å². The molecule has 0 saturated heterocycles. The van der Waals surface area contributed by atoms with Gasteiger partial charge in [-0.1, -0.05) is 30.3 Å². The van der Waals surface area contributed by atoms with E-state index in [9.17, 15) is 14.4 Å². The fourth-order valence-electron chi connectivity index (χ4n) is 3.08. The Kier molecular flexibility index (Phi) is 5.74. The molecule has 2 heterocycles. The number of carbonyl (C=O) groups is 1. The first-order valence-electron chi connectivity index (χ1n) is 9.02. The third kappa shape index (κ3) is 4.20. The van der Waals surface area contributed by atoms with E-state index in [0.717, 1.165) is 5.56 Å². The molecular formula is C19H24N6O3. The standard InChI is InChI=1S/C19H24N6O3/c1-24(2)13(12-7-5-4-6-8-12)11-20-15(26)10-9-14-21-16-17(22-14)25(3)19(28)23-18(16)27/h4-8,13H,9-11H2,1-3H3,(H,20,26)(H,21,22)(H,23,27,28). The first-order valence-corrected chi connectivity index (χ1v) is 9.02. The van der Waals surface area contributed by atoms with Gasteiger partial charge in [-0.05, 0) is 19.7 Å². The number of nitrogens with zero attached hydrogens (tertiary/aromatic N) is 3. The molecule has 0 spiro atoms. The van der Waals surface area contributed by atoms with Crippen molar-refractivity contribution in [3.63, 3.8) is 0 Å². The van der Waals surface area contributed by atoms with Crippen LogP contribution in [-0.4, -0.2) is 51.0 Å². The molecule has 28 heavy (non-hydrogen) atoms. The minimum absolute atomic E-state index is 0.0736. The van der Waals surface area contributed by atoms with Gasteiger partial charge in [0.25, 0.3) is 5.56 Å². The Morgan fingerprint density at radius 3 is 2.61 bits per heavy atom. The van der Waals surface area contributed by atoms with Crippen molar-refractivity contribution < 1.29 is 4.79 Å². The minimum atomic E-state index is -0.524. The van der Waals surface area contributed by atoms with Gasteiger partial charge in [-0.3, -0.25) is 19.1 Å². The van der Waals surface area contributed by atoms with Crippen LogP contribution >= 0.6 is 0 Å². The van der Waals surface area contributed by atoms with Crippen LogP contribution in [0.1, 0.15) is 23.9 Å². The summed E-state index contributed by atoms with van der Waals surface area (Å²) >= 11 is 0. The lowest BCUT2D eigenvalue weighted by atomic mass is 10.1. The number of amides is 1. The van der Waals surface area contributed by atoms with E-state index in [2.05, 4.69) is 25.2 Å². The molecule has 1 atom stereocenters. The maximum atomic E-state index is 12.3. The fourth-order valence-corrected chi connectivity index (χ4v) is 3.08. The van der Waals surface area contributed by atoms with Crippen LogP contribution in [0.5, 0.6) is 0 Å². The Bertz CT molecular complexity index is 1080. The quantitative estimate of drug-likeness (QED) is 0.542. The molecule has 3 aromatic rings. The molecule has 0 aliphatic rings. The summed E-state index contributed by atoms with van der Waals surface area (Å²) in [5.41, 5.74) is 0.599. The third-order valence-corrected chi connectivity index (χ3v) is 4.69. The SMILES string of the molecule is CN(C)C(CNC(=O)CCc1nc2c([nH]1)c(=O)[nH]c(=O)n2C)c1ccccc1. The van der Waals surface area contributed by atoms with Crippen LogP contribution < -0.4 is 16.6 Å². The van der Waals surface area contributed by atoms with Gasteiger partial charge in [-0.2, -0.15) is 0 Å². The summed E-state index contributed by atoms with van der Waals surface area (Å²) < 4.78 is 1.26. The predicted molar refractivity (Wildman–Crippen MR) is 106 cm³/mol. The summed E-state index contributed by atoms with van der Waals surface area (Å²) in [6, 6.07) is 10.1. The Hall–Kier alpha value is -3.20. The number of H-pyrrole nitrogens is 2. The molecule has 0 aliphatic heterocycles. The Labute approximate surface area is 161 Å². The molecule has 1 aromatic carbocycles. The largest absolute Gasteiger partial charge is 0.354 e. The average Bonchev–Trinajstić information content (AvgIpc) is 3.10. The number of aromatic nitrogens is 4. The second-order valence-corrected chi connectivity index (χ2v) is 6.89. The summed E-state index contributed by atoms with van der Waals surface area (Å²) in [5, 5.41) is 2.95. The molecule has 9 heteroatoms. The zero-order valence-corrected chi connectivity index (χ0v) is 16.2. The summed E-state index contributed by atoms with van der Waals surface area (Å²) in [5.74, 6) is 0.384. The van der Waals surface area contributed by atoms with Crippen LogP contribution in [0.15, 0.2) is 39.9 Å². The van der Waals surface area contributed by atoms with Crippen LogP contribution in [0, 0.1) is 0 Å².